The molecular formula is C23H48O2. The average Bonchev–Trinajstić information content (AvgIpc) is 2.61. The summed E-state index contributed by atoms with van der Waals surface area (Å²) in [4.78, 5) is 22.7. The van der Waals surface area contributed by atoms with Crippen molar-refractivity contribution in [3.05, 3.63) is 0 Å². The maximum atomic E-state index is 11.8. The molecule has 0 aliphatic carbocycles. The van der Waals surface area contributed by atoms with E-state index in [-0.39, 0.29) is 5.92 Å². The molecule has 0 fully saturated rings. The third-order valence-electron chi connectivity index (χ3n) is 4.84. The highest BCUT2D eigenvalue weighted by atomic mass is 16.1. The van der Waals surface area contributed by atoms with Gasteiger partial charge in [0.1, 0.15) is 11.6 Å². The summed E-state index contributed by atoms with van der Waals surface area (Å²) in [6, 6.07) is 0. The standard InChI is InChI=1S/C12H24O.C9H18O.C2H6/c1-6-8-11(10(5)7-2)12(13)9(3)4;1-4-6-7-9(5-2)8(3)10;1-2/h9-11H,6-8H2,1-5H3;9H,4-7H2,1-3H3;1-2H3. The molecule has 0 heterocycles. The summed E-state index contributed by atoms with van der Waals surface area (Å²) < 4.78 is 0. The molecule has 0 N–H and O–H groups in total. The lowest BCUT2D eigenvalue weighted by atomic mass is 9.81. The van der Waals surface area contributed by atoms with Crippen LogP contribution >= 0.6 is 0 Å². The van der Waals surface area contributed by atoms with E-state index >= 15 is 0 Å². The number of hydrogen-bond donors (Lipinski definition) is 0. The number of Topliss-reactive ketones (excluding diaryl/α,β-unsaturated/α-hetero) is 2. The highest BCUT2D eigenvalue weighted by Crippen LogP contribution is 2.24. The molecule has 0 aliphatic heterocycles. The minimum Gasteiger partial charge on any atom is -0.300 e. The van der Waals surface area contributed by atoms with E-state index in [0.29, 0.717) is 29.3 Å². The minimum atomic E-state index is 0.200. The van der Waals surface area contributed by atoms with Gasteiger partial charge in [-0.05, 0) is 32.1 Å². The van der Waals surface area contributed by atoms with Gasteiger partial charge < -0.3 is 0 Å². The molecule has 25 heavy (non-hydrogen) atoms. The van der Waals surface area contributed by atoms with Gasteiger partial charge in [-0.25, -0.2) is 0 Å². The van der Waals surface area contributed by atoms with Crippen molar-refractivity contribution in [2.75, 3.05) is 0 Å². The highest BCUT2D eigenvalue weighted by Gasteiger charge is 2.24. The van der Waals surface area contributed by atoms with Crippen LogP contribution < -0.4 is 0 Å². The molecule has 0 amide bonds. The number of carbonyl (C=O) groups excluding carboxylic acids is 2. The lowest BCUT2D eigenvalue weighted by Gasteiger charge is -2.22. The Morgan fingerprint density at radius 3 is 1.60 bits per heavy atom. The summed E-state index contributed by atoms with van der Waals surface area (Å²) in [5, 5.41) is 0. The lowest BCUT2D eigenvalue weighted by molar-refractivity contribution is -0.127. The van der Waals surface area contributed by atoms with Crippen molar-refractivity contribution < 1.29 is 9.59 Å². The minimum absolute atomic E-state index is 0.200. The van der Waals surface area contributed by atoms with Crippen LogP contribution in [0.5, 0.6) is 0 Å². The molecule has 0 aliphatic rings. The second-order valence-electron chi connectivity index (χ2n) is 7.20. The SMILES string of the molecule is CC.CCCC(C(=O)C(C)C)C(C)CC.CCCCC(CC)C(C)=O. The van der Waals surface area contributed by atoms with Crippen LogP contribution in [0.4, 0.5) is 0 Å². The monoisotopic (exact) mass is 356 g/mol. The van der Waals surface area contributed by atoms with Crippen molar-refractivity contribution in [3.63, 3.8) is 0 Å². The van der Waals surface area contributed by atoms with Gasteiger partial charge in [0.05, 0.1) is 0 Å². The fourth-order valence-electron chi connectivity index (χ4n) is 2.88. The van der Waals surface area contributed by atoms with Gasteiger partial charge in [-0.1, -0.05) is 88.0 Å². The molecule has 2 nitrogen and oxygen atoms in total. The largest absolute Gasteiger partial charge is 0.300 e. The first kappa shape index (κ1) is 29.1. The van der Waals surface area contributed by atoms with Crippen LogP contribution in [0.2, 0.25) is 0 Å². The molecule has 3 unspecified atom stereocenters. The Balaban J connectivity index is -0.000000362. The third-order valence-corrected chi connectivity index (χ3v) is 4.84. The molecule has 0 spiro atoms. The Morgan fingerprint density at radius 1 is 0.800 bits per heavy atom. The topological polar surface area (TPSA) is 34.1 Å². The van der Waals surface area contributed by atoms with E-state index in [1.165, 1.54) is 12.8 Å². The number of rotatable bonds is 11. The molecule has 0 saturated heterocycles. The summed E-state index contributed by atoms with van der Waals surface area (Å²) in [6.45, 7) is 20.5. The van der Waals surface area contributed by atoms with E-state index in [1.54, 1.807) is 6.92 Å². The molecule has 0 radical (unpaired) electrons. The zero-order chi connectivity index (χ0) is 20.4. The molecule has 0 bridgehead atoms. The number of hydrogen-bond acceptors (Lipinski definition) is 2. The predicted octanol–water partition coefficient (Wildman–Crippen LogP) is 7.49. The van der Waals surface area contributed by atoms with Crippen LogP contribution in [0.25, 0.3) is 0 Å². The van der Waals surface area contributed by atoms with E-state index in [2.05, 4.69) is 34.6 Å². The Labute approximate surface area is 159 Å². The third kappa shape index (κ3) is 15.3. The van der Waals surface area contributed by atoms with Crippen molar-refractivity contribution >= 4 is 11.6 Å². The van der Waals surface area contributed by atoms with Crippen molar-refractivity contribution in [1.82, 2.24) is 0 Å². The van der Waals surface area contributed by atoms with Crippen LogP contribution in [0.15, 0.2) is 0 Å². The molecule has 0 aromatic rings. The summed E-state index contributed by atoms with van der Waals surface area (Å²) in [7, 11) is 0. The van der Waals surface area contributed by atoms with Gasteiger partial charge in [-0.2, -0.15) is 0 Å². The Bertz CT molecular complexity index is 307. The van der Waals surface area contributed by atoms with Gasteiger partial charge in [0.2, 0.25) is 0 Å². The Hall–Kier alpha value is -0.660. The van der Waals surface area contributed by atoms with Crippen molar-refractivity contribution in [2.45, 2.75) is 114 Å². The zero-order valence-corrected chi connectivity index (χ0v) is 19.1. The zero-order valence-electron chi connectivity index (χ0n) is 19.1. The van der Waals surface area contributed by atoms with E-state index in [0.717, 1.165) is 32.1 Å². The van der Waals surface area contributed by atoms with Gasteiger partial charge in [0.15, 0.2) is 0 Å². The first-order valence-electron chi connectivity index (χ1n) is 10.8. The number of ketones is 2. The van der Waals surface area contributed by atoms with E-state index in [9.17, 15) is 9.59 Å². The fraction of sp³-hybridized carbons (Fsp3) is 0.913. The van der Waals surface area contributed by atoms with Crippen LogP contribution in [0.1, 0.15) is 114 Å². The van der Waals surface area contributed by atoms with Crippen molar-refractivity contribution in [2.24, 2.45) is 23.7 Å². The van der Waals surface area contributed by atoms with Gasteiger partial charge in [0.25, 0.3) is 0 Å². The predicted molar refractivity (Wildman–Crippen MR) is 113 cm³/mol. The molecule has 0 aromatic carbocycles. The molecule has 0 saturated carbocycles. The molecule has 0 aromatic heterocycles. The summed E-state index contributed by atoms with van der Waals surface area (Å²) in [6.07, 6.45) is 7.78. The van der Waals surface area contributed by atoms with Gasteiger partial charge in [-0.3, -0.25) is 9.59 Å². The summed E-state index contributed by atoms with van der Waals surface area (Å²) >= 11 is 0. The van der Waals surface area contributed by atoms with E-state index < -0.39 is 0 Å². The van der Waals surface area contributed by atoms with Crippen LogP contribution in [0, 0.1) is 23.7 Å². The molecule has 152 valence electrons. The maximum Gasteiger partial charge on any atom is 0.138 e. The Morgan fingerprint density at radius 2 is 1.32 bits per heavy atom. The van der Waals surface area contributed by atoms with E-state index in [4.69, 9.17) is 0 Å². The van der Waals surface area contributed by atoms with Crippen LogP contribution in [0.3, 0.4) is 0 Å². The smallest absolute Gasteiger partial charge is 0.138 e. The normalized spacial score (nSPS) is 13.7. The Kier molecular flexibility index (Phi) is 22.9. The fourth-order valence-corrected chi connectivity index (χ4v) is 2.88. The van der Waals surface area contributed by atoms with Crippen LogP contribution in [-0.2, 0) is 9.59 Å². The number of unbranched alkanes of at least 4 members (excludes halogenated alkanes) is 1. The van der Waals surface area contributed by atoms with Gasteiger partial charge in [-0.15, -0.1) is 0 Å². The molecular weight excluding hydrogens is 308 g/mol. The first-order valence-corrected chi connectivity index (χ1v) is 10.8. The average molecular weight is 357 g/mol. The van der Waals surface area contributed by atoms with Crippen molar-refractivity contribution in [3.8, 4) is 0 Å². The highest BCUT2D eigenvalue weighted by molar-refractivity contribution is 5.83. The summed E-state index contributed by atoms with van der Waals surface area (Å²) in [5.41, 5.74) is 0. The molecule has 3 atom stereocenters. The quantitative estimate of drug-likeness (QED) is 0.384. The number of carbonyl (C=O) groups is 2. The second kappa shape index (κ2) is 19.7. The first-order chi connectivity index (χ1) is 11.8. The van der Waals surface area contributed by atoms with E-state index in [1.807, 2.05) is 27.7 Å². The van der Waals surface area contributed by atoms with Gasteiger partial charge in [0, 0.05) is 17.8 Å². The lowest BCUT2D eigenvalue weighted by Crippen LogP contribution is -2.25. The second-order valence-corrected chi connectivity index (χ2v) is 7.20. The maximum absolute atomic E-state index is 11.8. The summed E-state index contributed by atoms with van der Waals surface area (Å²) in [5.74, 6) is 2.20. The van der Waals surface area contributed by atoms with Crippen molar-refractivity contribution in [1.29, 1.82) is 0 Å². The molecule has 2 heteroatoms. The van der Waals surface area contributed by atoms with Gasteiger partial charge >= 0.3 is 0 Å². The van der Waals surface area contributed by atoms with Crippen LogP contribution in [-0.4, -0.2) is 11.6 Å². The molecule has 0 rings (SSSR count).